The van der Waals surface area contributed by atoms with Crippen LogP contribution in [-0.2, 0) is 0 Å². The fourth-order valence-electron chi connectivity index (χ4n) is 2.27. The molecule has 0 bridgehead atoms. The van der Waals surface area contributed by atoms with Gasteiger partial charge in [-0.1, -0.05) is 6.92 Å². The van der Waals surface area contributed by atoms with E-state index in [0.29, 0.717) is 6.04 Å². The Kier molecular flexibility index (Phi) is 4.48. The SMILES string of the molecule is Cc1csc([C@@H](C#N)C=NC2CCC(C)CC2)n1. The van der Waals surface area contributed by atoms with Crippen molar-refractivity contribution < 1.29 is 0 Å². The minimum absolute atomic E-state index is 0.275. The van der Waals surface area contributed by atoms with Gasteiger partial charge in [0.1, 0.15) is 10.9 Å². The summed E-state index contributed by atoms with van der Waals surface area (Å²) in [5.74, 6) is 0.563. The summed E-state index contributed by atoms with van der Waals surface area (Å²) in [5, 5.41) is 12.0. The Morgan fingerprint density at radius 3 is 2.78 bits per heavy atom. The fourth-order valence-corrected chi connectivity index (χ4v) is 3.07. The quantitative estimate of drug-likeness (QED) is 0.779. The monoisotopic (exact) mass is 261 g/mol. The van der Waals surface area contributed by atoms with Crippen LogP contribution < -0.4 is 0 Å². The highest BCUT2D eigenvalue weighted by atomic mass is 32.1. The molecule has 1 aromatic heterocycles. The van der Waals surface area contributed by atoms with Gasteiger partial charge in [0.05, 0.1) is 6.07 Å². The van der Waals surface area contributed by atoms with Crippen LogP contribution in [0, 0.1) is 24.2 Å². The van der Waals surface area contributed by atoms with Gasteiger partial charge in [-0.15, -0.1) is 11.3 Å². The molecule has 0 N–H and O–H groups in total. The van der Waals surface area contributed by atoms with E-state index in [1.165, 1.54) is 12.8 Å². The number of hydrogen-bond acceptors (Lipinski definition) is 4. The highest BCUT2D eigenvalue weighted by Crippen LogP contribution is 2.26. The van der Waals surface area contributed by atoms with Gasteiger partial charge in [0, 0.05) is 23.3 Å². The first-order chi connectivity index (χ1) is 8.69. The Labute approximate surface area is 113 Å². The Morgan fingerprint density at radius 2 is 2.22 bits per heavy atom. The second kappa shape index (κ2) is 6.10. The lowest BCUT2D eigenvalue weighted by atomic mass is 9.88. The molecule has 3 nitrogen and oxygen atoms in total. The Morgan fingerprint density at radius 1 is 1.50 bits per heavy atom. The van der Waals surface area contributed by atoms with Crippen molar-refractivity contribution in [3.63, 3.8) is 0 Å². The minimum Gasteiger partial charge on any atom is -0.292 e. The van der Waals surface area contributed by atoms with Gasteiger partial charge < -0.3 is 0 Å². The van der Waals surface area contributed by atoms with Crippen molar-refractivity contribution in [2.24, 2.45) is 10.9 Å². The second-order valence-electron chi connectivity index (χ2n) is 5.15. The van der Waals surface area contributed by atoms with Crippen LogP contribution in [0.4, 0.5) is 0 Å². The molecule has 1 atom stereocenters. The van der Waals surface area contributed by atoms with Gasteiger partial charge in [-0.3, -0.25) is 4.99 Å². The number of aliphatic imine (C=N–C) groups is 1. The third kappa shape index (κ3) is 3.39. The van der Waals surface area contributed by atoms with Gasteiger partial charge in [0.25, 0.3) is 0 Å². The van der Waals surface area contributed by atoms with Crippen molar-refractivity contribution in [3.05, 3.63) is 16.1 Å². The lowest BCUT2D eigenvalue weighted by molar-refractivity contribution is 0.349. The topological polar surface area (TPSA) is 49.0 Å². The smallest absolute Gasteiger partial charge is 0.133 e. The van der Waals surface area contributed by atoms with Crippen molar-refractivity contribution in [2.75, 3.05) is 0 Å². The van der Waals surface area contributed by atoms with E-state index in [0.717, 1.165) is 29.5 Å². The van der Waals surface area contributed by atoms with Gasteiger partial charge in [0.15, 0.2) is 0 Å². The molecule has 96 valence electrons. The van der Waals surface area contributed by atoms with Crippen molar-refractivity contribution in [1.82, 2.24) is 4.98 Å². The molecule has 0 radical (unpaired) electrons. The molecule has 1 aliphatic rings. The van der Waals surface area contributed by atoms with Gasteiger partial charge in [-0.2, -0.15) is 5.26 Å². The highest BCUT2D eigenvalue weighted by molar-refractivity contribution is 7.09. The number of rotatable bonds is 3. The molecule has 0 aliphatic heterocycles. The summed E-state index contributed by atoms with van der Waals surface area (Å²) in [7, 11) is 0. The van der Waals surface area contributed by atoms with Gasteiger partial charge in [-0.05, 0) is 38.5 Å². The molecule has 1 saturated carbocycles. The maximum atomic E-state index is 9.19. The molecule has 0 saturated heterocycles. The summed E-state index contributed by atoms with van der Waals surface area (Å²) >= 11 is 1.54. The summed E-state index contributed by atoms with van der Waals surface area (Å²) in [6.45, 7) is 4.25. The van der Waals surface area contributed by atoms with E-state index in [4.69, 9.17) is 0 Å². The zero-order valence-corrected chi connectivity index (χ0v) is 11.8. The van der Waals surface area contributed by atoms with Crippen molar-refractivity contribution in [3.8, 4) is 6.07 Å². The molecular formula is C14H19N3S. The van der Waals surface area contributed by atoms with E-state index in [9.17, 15) is 5.26 Å². The number of nitrogens with zero attached hydrogens (tertiary/aromatic N) is 3. The second-order valence-corrected chi connectivity index (χ2v) is 6.04. The van der Waals surface area contributed by atoms with Crippen LogP contribution >= 0.6 is 11.3 Å². The van der Waals surface area contributed by atoms with Gasteiger partial charge in [-0.25, -0.2) is 4.98 Å². The van der Waals surface area contributed by atoms with Gasteiger partial charge in [0.2, 0.25) is 0 Å². The Balaban J connectivity index is 1.96. The summed E-state index contributed by atoms with van der Waals surface area (Å²) < 4.78 is 0. The minimum atomic E-state index is -0.275. The average Bonchev–Trinajstić information content (AvgIpc) is 2.79. The van der Waals surface area contributed by atoms with E-state index in [1.807, 2.05) is 12.3 Å². The number of aromatic nitrogens is 1. The maximum Gasteiger partial charge on any atom is 0.133 e. The molecular weight excluding hydrogens is 242 g/mol. The van der Waals surface area contributed by atoms with Gasteiger partial charge >= 0.3 is 0 Å². The molecule has 1 aliphatic carbocycles. The van der Waals surface area contributed by atoms with Crippen LogP contribution in [0.25, 0.3) is 0 Å². The van der Waals surface area contributed by atoms with Crippen LogP contribution in [-0.4, -0.2) is 17.2 Å². The molecule has 0 unspecified atom stereocenters. The van der Waals surface area contributed by atoms with Crippen LogP contribution in [0.1, 0.15) is 49.2 Å². The molecule has 1 aromatic rings. The highest BCUT2D eigenvalue weighted by Gasteiger charge is 2.18. The number of nitriles is 1. The van der Waals surface area contributed by atoms with Crippen molar-refractivity contribution in [2.45, 2.75) is 51.5 Å². The summed E-state index contributed by atoms with van der Waals surface area (Å²) in [6.07, 6.45) is 6.64. The third-order valence-electron chi connectivity index (χ3n) is 3.47. The first-order valence-corrected chi connectivity index (χ1v) is 7.42. The van der Waals surface area contributed by atoms with Crippen LogP contribution in [0.3, 0.4) is 0 Å². The molecule has 0 aromatic carbocycles. The van der Waals surface area contributed by atoms with Crippen LogP contribution in [0.15, 0.2) is 10.4 Å². The largest absolute Gasteiger partial charge is 0.292 e. The summed E-state index contributed by atoms with van der Waals surface area (Å²) in [5.41, 5.74) is 0.982. The first kappa shape index (κ1) is 13.2. The lowest BCUT2D eigenvalue weighted by Crippen LogP contribution is -2.15. The van der Waals surface area contributed by atoms with Crippen LogP contribution in [0.2, 0.25) is 0 Å². The lowest BCUT2D eigenvalue weighted by Gasteiger charge is -2.23. The molecule has 0 spiro atoms. The van der Waals surface area contributed by atoms with Crippen LogP contribution in [0.5, 0.6) is 0 Å². The van der Waals surface area contributed by atoms with E-state index in [2.05, 4.69) is 23.0 Å². The zero-order valence-electron chi connectivity index (χ0n) is 11.0. The molecule has 1 heterocycles. The maximum absolute atomic E-state index is 9.19. The van der Waals surface area contributed by atoms with Crippen molar-refractivity contribution >= 4 is 17.6 Å². The Hall–Kier alpha value is -1.21. The van der Waals surface area contributed by atoms with Crippen molar-refractivity contribution in [1.29, 1.82) is 5.26 Å². The van der Waals surface area contributed by atoms with E-state index in [-0.39, 0.29) is 5.92 Å². The molecule has 18 heavy (non-hydrogen) atoms. The summed E-state index contributed by atoms with van der Waals surface area (Å²) in [6, 6.07) is 2.69. The zero-order chi connectivity index (χ0) is 13.0. The standard InChI is InChI=1S/C14H19N3S/c1-10-3-5-13(6-4-10)16-8-12(7-15)14-17-11(2)9-18-14/h8-10,12-13H,3-6H2,1-2H3/t10?,12-,13?/m0/s1. The van der Waals surface area contributed by atoms with E-state index >= 15 is 0 Å². The fraction of sp³-hybridized carbons (Fsp3) is 0.643. The van der Waals surface area contributed by atoms with E-state index < -0.39 is 0 Å². The molecule has 2 rings (SSSR count). The molecule has 1 fully saturated rings. The molecule has 0 amide bonds. The third-order valence-corrected chi connectivity index (χ3v) is 4.52. The Bertz CT molecular complexity index is 450. The average molecular weight is 261 g/mol. The summed E-state index contributed by atoms with van der Waals surface area (Å²) in [4.78, 5) is 8.96. The normalized spacial score (nSPS) is 26.1. The predicted molar refractivity (Wildman–Crippen MR) is 75.1 cm³/mol. The number of hydrogen-bond donors (Lipinski definition) is 0. The predicted octanol–water partition coefficient (Wildman–Crippen LogP) is 3.71. The van der Waals surface area contributed by atoms with E-state index in [1.54, 1.807) is 17.6 Å². The first-order valence-electron chi connectivity index (χ1n) is 6.54. The molecule has 4 heteroatoms. The number of thiazole rings is 1. The number of aryl methyl sites for hydroxylation is 1.